The molecule has 34 heavy (non-hydrogen) atoms. The maximum Gasteiger partial charge on any atom is 0.303 e. The zero-order valence-corrected chi connectivity index (χ0v) is 21.9. The van der Waals surface area contributed by atoms with E-state index in [4.69, 9.17) is 14.2 Å². The van der Waals surface area contributed by atoms with Gasteiger partial charge in [-0.2, -0.15) is 0 Å². The monoisotopic (exact) mass is 474 g/mol. The van der Waals surface area contributed by atoms with E-state index in [1.807, 2.05) is 0 Å². The maximum atomic E-state index is 12.0. The van der Waals surface area contributed by atoms with Crippen molar-refractivity contribution in [1.82, 2.24) is 0 Å². The normalized spacial score (nSPS) is 58.5. The topological polar surface area (TPSA) is 65.0 Å². The highest BCUT2D eigenvalue weighted by Gasteiger charge is 2.71. The first-order valence-corrected chi connectivity index (χ1v) is 14.3. The number of hydrogen-bond acceptors (Lipinski definition) is 5. The third-order valence-corrected chi connectivity index (χ3v) is 12.2. The van der Waals surface area contributed by atoms with E-state index >= 15 is 0 Å². The van der Waals surface area contributed by atoms with Crippen LogP contribution in [0.4, 0.5) is 0 Å². The summed E-state index contributed by atoms with van der Waals surface area (Å²) < 4.78 is 19.3. The lowest BCUT2D eigenvalue weighted by Crippen LogP contribution is -2.58. The summed E-state index contributed by atoms with van der Waals surface area (Å²) in [5.74, 6) is 3.02. The number of fused-ring (bicyclic) bond motifs is 7. The fourth-order valence-electron chi connectivity index (χ4n) is 10.7. The zero-order chi connectivity index (χ0) is 24.0. The number of hydrogen-bond donors (Lipinski definition) is 1. The minimum Gasteiger partial charge on any atom is -0.457 e. The Kier molecular flexibility index (Phi) is 5.53. The first-order chi connectivity index (χ1) is 16.1. The van der Waals surface area contributed by atoms with Crippen molar-refractivity contribution in [3.05, 3.63) is 0 Å². The molecule has 2 saturated heterocycles. The molecule has 192 valence electrons. The van der Waals surface area contributed by atoms with E-state index in [0.717, 1.165) is 37.5 Å². The van der Waals surface area contributed by atoms with Crippen molar-refractivity contribution < 1.29 is 24.1 Å². The van der Waals surface area contributed by atoms with Gasteiger partial charge in [-0.15, -0.1) is 0 Å². The first-order valence-electron chi connectivity index (χ1n) is 14.3. The van der Waals surface area contributed by atoms with E-state index in [9.17, 15) is 9.90 Å². The van der Waals surface area contributed by atoms with Gasteiger partial charge >= 0.3 is 5.97 Å². The van der Waals surface area contributed by atoms with Crippen LogP contribution in [0.15, 0.2) is 0 Å². The fourth-order valence-corrected chi connectivity index (χ4v) is 10.7. The lowest BCUT2D eigenvalue weighted by atomic mass is 9.44. The van der Waals surface area contributed by atoms with Gasteiger partial charge in [-0.3, -0.25) is 4.79 Å². The molecular weight excluding hydrogens is 428 g/mol. The number of esters is 1. The summed E-state index contributed by atoms with van der Waals surface area (Å²) in [5, 5.41) is 10.3. The highest BCUT2D eigenvalue weighted by molar-refractivity contribution is 5.66. The second kappa shape index (κ2) is 7.92. The van der Waals surface area contributed by atoms with Crippen molar-refractivity contribution in [2.75, 3.05) is 6.61 Å². The van der Waals surface area contributed by atoms with E-state index in [1.54, 1.807) is 0 Å². The van der Waals surface area contributed by atoms with Crippen molar-refractivity contribution in [2.24, 2.45) is 52.3 Å². The van der Waals surface area contributed by atoms with E-state index in [1.165, 1.54) is 39.0 Å². The molecule has 4 aliphatic carbocycles. The van der Waals surface area contributed by atoms with E-state index < -0.39 is 5.79 Å². The molecule has 0 bridgehead atoms. The number of rotatable bonds is 1. The zero-order valence-electron chi connectivity index (χ0n) is 21.9. The minimum absolute atomic E-state index is 0.0804. The van der Waals surface area contributed by atoms with Crippen molar-refractivity contribution >= 4 is 5.97 Å². The van der Waals surface area contributed by atoms with Crippen molar-refractivity contribution in [3.8, 4) is 0 Å². The second-order valence-electron chi connectivity index (χ2n) is 13.8. The number of ether oxygens (including phenoxy) is 3. The van der Waals surface area contributed by atoms with Crippen LogP contribution >= 0.6 is 0 Å². The van der Waals surface area contributed by atoms with Crippen LogP contribution < -0.4 is 0 Å². The predicted octanol–water partition coefficient (Wildman–Crippen LogP) is 5.34. The Morgan fingerprint density at radius 3 is 2.50 bits per heavy atom. The molecule has 0 aromatic heterocycles. The highest BCUT2D eigenvalue weighted by atomic mass is 16.7. The average molecular weight is 475 g/mol. The molecular formula is C29H46O5. The Morgan fingerprint density at radius 2 is 1.74 bits per heavy atom. The molecule has 6 fully saturated rings. The summed E-state index contributed by atoms with van der Waals surface area (Å²) in [5.41, 5.74) is 0.664. The van der Waals surface area contributed by atoms with Crippen LogP contribution in [0.1, 0.15) is 92.4 Å². The summed E-state index contributed by atoms with van der Waals surface area (Å²) >= 11 is 0. The van der Waals surface area contributed by atoms with Gasteiger partial charge in [0.15, 0.2) is 6.10 Å². The summed E-state index contributed by atoms with van der Waals surface area (Å²) in [7, 11) is 0. The van der Waals surface area contributed by atoms with Crippen molar-refractivity contribution in [3.63, 3.8) is 0 Å². The minimum atomic E-state index is -0.776. The fraction of sp³-hybridized carbons (Fsp3) is 0.966. The van der Waals surface area contributed by atoms with Crippen LogP contribution in [0.3, 0.4) is 0 Å². The van der Waals surface area contributed by atoms with E-state index in [-0.39, 0.29) is 35.6 Å². The molecule has 1 N–H and O–H groups in total. The molecule has 4 saturated carbocycles. The van der Waals surface area contributed by atoms with Gasteiger partial charge in [0.25, 0.3) is 0 Å². The predicted molar refractivity (Wildman–Crippen MR) is 129 cm³/mol. The molecule has 0 radical (unpaired) electrons. The second-order valence-corrected chi connectivity index (χ2v) is 13.8. The molecule has 13 unspecified atom stereocenters. The van der Waals surface area contributed by atoms with Crippen LogP contribution in [0.2, 0.25) is 0 Å². The number of aliphatic hydroxyl groups is 1. The summed E-state index contributed by atoms with van der Waals surface area (Å²) in [6, 6.07) is 0. The van der Waals surface area contributed by atoms with Gasteiger partial charge in [0, 0.05) is 12.8 Å². The summed E-state index contributed by atoms with van der Waals surface area (Å²) in [6.07, 6.45) is 10.1. The molecule has 0 amide bonds. The molecule has 6 aliphatic rings. The first kappa shape index (κ1) is 23.7. The van der Waals surface area contributed by atoms with Gasteiger partial charge in [0.1, 0.15) is 0 Å². The lowest BCUT2D eigenvalue weighted by Gasteiger charge is -2.61. The van der Waals surface area contributed by atoms with Crippen molar-refractivity contribution in [1.29, 1.82) is 0 Å². The molecule has 0 aromatic carbocycles. The van der Waals surface area contributed by atoms with E-state index in [0.29, 0.717) is 35.7 Å². The SMILES string of the molecule is CC(=O)OC1CC(C)COC12OC1CC3C4CCC5CC(O)CCC5(C)C4CCC3(C)C1C2C. The molecule has 6 rings (SSSR count). The highest BCUT2D eigenvalue weighted by Crippen LogP contribution is 2.71. The van der Waals surface area contributed by atoms with Gasteiger partial charge in [0.2, 0.25) is 5.79 Å². The van der Waals surface area contributed by atoms with Crippen LogP contribution in [0.25, 0.3) is 0 Å². The van der Waals surface area contributed by atoms with Gasteiger partial charge in [-0.05, 0) is 104 Å². The Balaban J connectivity index is 1.27. The molecule has 2 aliphatic heterocycles. The van der Waals surface area contributed by atoms with Gasteiger partial charge in [-0.1, -0.05) is 27.7 Å². The Morgan fingerprint density at radius 1 is 0.971 bits per heavy atom. The third-order valence-electron chi connectivity index (χ3n) is 12.2. The standard InChI is InChI=1S/C29H46O5/c1-16-12-25(33-18(3)30)29(32-15-16)17(2)26-24(34-29)14-23-21-7-6-19-13-20(31)8-10-27(19,4)22(21)9-11-28(23,26)5/h16-17,19-26,31H,6-15H2,1-5H3. The maximum absolute atomic E-state index is 12.0. The van der Waals surface area contributed by atoms with Crippen molar-refractivity contribution in [2.45, 2.75) is 117 Å². The van der Waals surface area contributed by atoms with Crippen LogP contribution in [0, 0.1) is 52.3 Å². The molecule has 5 heteroatoms. The number of aliphatic hydroxyl groups excluding tert-OH is 1. The average Bonchev–Trinajstić information content (AvgIpc) is 3.22. The van der Waals surface area contributed by atoms with Crippen LogP contribution in [-0.2, 0) is 19.0 Å². The molecule has 1 spiro atoms. The Bertz CT molecular complexity index is 829. The largest absolute Gasteiger partial charge is 0.457 e. The summed E-state index contributed by atoms with van der Waals surface area (Å²) in [6.45, 7) is 11.8. The van der Waals surface area contributed by atoms with Gasteiger partial charge < -0.3 is 19.3 Å². The van der Waals surface area contributed by atoms with Crippen LogP contribution in [0.5, 0.6) is 0 Å². The number of carbonyl (C=O) groups is 1. The lowest BCUT2D eigenvalue weighted by molar-refractivity contribution is -0.318. The van der Waals surface area contributed by atoms with E-state index in [2.05, 4.69) is 27.7 Å². The smallest absolute Gasteiger partial charge is 0.303 e. The quantitative estimate of drug-likeness (QED) is 0.520. The Labute approximate surface area is 205 Å². The Hall–Kier alpha value is -0.650. The van der Waals surface area contributed by atoms with Gasteiger partial charge in [-0.25, -0.2) is 0 Å². The third kappa shape index (κ3) is 3.18. The molecule has 0 aromatic rings. The molecule has 2 heterocycles. The molecule has 13 atom stereocenters. The number of carbonyl (C=O) groups excluding carboxylic acids is 1. The van der Waals surface area contributed by atoms with Crippen LogP contribution in [-0.4, -0.2) is 41.8 Å². The van der Waals surface area contributed by atoms with Gasteiger partial charge in [0.05, 0.1) is 18.8 Å². The summed E-state index contributed by atoms with van der Waals surface area (Å²) in [4.78, 5) is 12.0. The molecule has 5 nitrogen and oxygen atoms in total.